The van der Waals surface area contributed by atoms with Gasteiger partial charge in [-0.15, -0.1) is 0 Å². The Morgan fingerprint density at radius 3 is 2.19 bits per heavy atom. The maximum absolute atomic E-state index is 11.6. The lowest BCUT2D eigenvalue weighted by Crippen LogP contribution is -2.55. The summed E-state index contributed by atoms with van der Waals surface area (Å²) in [6.07, 6.45) is 1.66. The smallest absolute Gasteiger partial charge is 0.407 e. The highest BCUT2D eigenvalue weighted by Crippen LogP contribution is 2.23. The van der Waals surface area contributed by atoms with Gasteiger partial charge in [-0.25, -0.2) is 4.79 Å². The van der Waals surface area contributed by atoms with Crippen molar-refractivity contribution in [1.82, 2.24) is 15.5 Å². The molecule has 5 nitrogen and oxygen atoms in total. The fraction of sp³-hybridized carbons (Fsp3) is 0.938. The van der Waals surface area contributed by atoms with Crippen molar-refractivity contribution in [3.05, 3.63) is 0 Å². The minimum atomic E-state index is -0.429. The fourth-order valence-corrected chi connectivity index (χ4v) is 2.71. The first-order valence-electron chi connectivity index (χ1n) is 7.84. The van der Waals surface area contributed by atoms with Crippen molar-refractivity contribution in [3.63, 3.8) is 0 Å². The fourth-order valence-electron chi connectivity index (χ4n) is 2.71. The molecule has 0 unspecified atom stereocenters. The number of carbonyl (C=O) groups is 1. The van der Waals surface area contributed by atoms with Crippen LogP contribution in [0.3, 0.4) is 0 Å². The summed E-state index contributed by atoms with van der Waals surface area (Å²) in [6, 6.07) is 0.751. The van der Waals surface area contributed by atoms with E-state index in [4.69, 9.17) is 4.74 Å². The zero-order valence-electron chi connectivity index (χ0n) is 14.7. The SMILES string of the molecule is CN(C)CC(C)(C)CNC1CC(NC(=O)OC(C)(C)C)C1. The van der Waals surface area contributed by atoms with Crippen LogP contribution in [0.4, 0.5) is 4.79 Å². The van der Waals surface area contributed by atoms with Gasteiger partial charge in [-0.05, 0) is 53.1 Å². The molecule has 0 aromatic carbocycles. The number of hydrogen-bond donors (Lipinski definition) is 2. The van der Waals surface area contributed by atoms with Gasteiger partial charge >= 0.3 is 6.09 Å². The summed E-state index contributed by atoms with van der Waals surface area (Å²) in [7, 11) is 4.21. The van der Waals surface area contributed by atoms with Gasteiger partial charge in [0.1, 0.15) is 5.60 Å². The molecule has 0 spiro atoms. The van der Waals surface area contributed by atoms with Crippen LogP contribution in [0.1, 0.15) is 47.5 Å². The molecule has 2 N–H and O–H groups in total. The second-order valence-corrected chi connectivity index (χ2v) is 8.29. The molecule has 21 heavy (non-hydrogen) atoms. The first kappa shape index (κ1) is 18.2. The van der Waals surface area contributed by atoms with E-state index < -0.39 is 5.60 Å². The highest BCUT2D eigenvalue weighted by atomic mass is 16.6. The predicted octanol–water partition coefficient (Wildman–Crippen LogP) is 2.22. The second-order valence-electron chi connectivity index (χ2n) is 8.29. The monoisotopic (exact) mass is 299 g/mol. The molecule has 0 atom stereocenters. The quantitative estimate of drug-likeness (QED) is 0.789. The molecule has 124 valence electrons. The van der Waals surface area contributed by atoms with Crippen molar-refractivity contribution in [3.8, 4) is 0 Å². The number of ether oxygens (including phenoxy) is 1. The molecule has 1 aliphatic rings. The van der Waals surface area contributed by atoms with Crippen LogP contribution in [0.2, 0.25) is 0 Å². The molecule has 1 rings (SSSR count). The molecular weight excluding hydrogens is 266 g/mol. The third-order valence-electron chi connectivity index (χ3n) is 3.47. The molecule has 0 saturated heterocycles. The molecule has 1 saturated carbocycles. The van der Waals surface area contributed by atoms with E-state index in [-0.39, 0.29) is 17.6 Å². The van der Waals surface area contributed by atoms with E-state index in [9.17, 15) is 4.79 Å². The van der Waals surface area contributed by atoms with E-state index in [1.807, 2.05) is 20.8 Å². The summed E-state index contributed by atoms with van der Waals surface area (Å²) < 4.78 is 5.26. The van der Waals surface area contributed by atoms with Crippen LogP contribution in [0.5, 0.6) is 0 Å². The Bertz CT molecular complexity index is 342. The average molecular weight is 299 g/mol. The number of amides is 1. The summed E-state index contributed by atoms with van der Waals surface area (Å²) in [5.41, 5.74) is -0.172. The lowest BCUT2D eigenvalue weighted by Gasteiger charge is -2.39. The van der Waals surface area contributed by atoms with E-state index >= 15 is 0 Å². The molecule has 0 heterocycles. The average Bonchev–Trinajstić information content (AvgIpc) is 2.16. The molecule has 1 fully saturated rings. The minimum Gasteiger partial charge on any atom is -0.444 e. The van der Waals surface area contributed by atoms with Gasteiger partial charge in [-0.3, -0.25) is 0 Å². The Labute approximate surface area is 129 Å². The van der Waals surface area contributed by atoms with Crippen LogP contribution in [-0.4, -0.2) is 55.9 Å². The summed E-state index contributed by atoms with van der Waals surface area (Å²) in [5, 5.41) is 6.52. The van der Waals surface area contributed by atoms with Gasteiger partial charge in [0, 0.05) is 25.2 Å². The van der Waals surface area contributed by atoms with E-state index in [0.717, 1.165) is 25.9 Å². The number of rotatable bonds is 6. The number of nitrogens with zero attached hydrogens (tertiary/aromatic N) is 1. The molecule has 1 amide bonds. The largest absolute Gasteiger partial charge is 0.444 e. The van der Waals surface area contributed by atoms with Crippen LogP contribution in [0.15, 0.2) is 0 Å². The summed E-state index contributed by atoms with van der Waals surface area (Å²) in [5.74, 6) is 0. The molecule has 0 aromatic heterocycles. The number of carbonyl (C=O) groups excluding carboxylic acids is 1. The van der Waals surface area contributed by atoms with Crippen molar-refractivity contribution >= 4 is 6.09 Å². The van der Waals surface area contributed by atoms with Gasteiger partial charge in [-0.2, -0.15) is 0 Å². The van der Waals surface area contributed by atoms with Crippen molar-refractivity contribution in [2.24, 2.45) is 5.41 Å². The molecule has 5 heteroatoms. The molecule has 1 aliphatic carbocycles. The van der Waals surface area contributed by atoms with Crippen LogP contribution < -0.4 is 10.6 Å². The Morgan fingerprint density at radius 2 is 1.71 bits per heavy atom. The van der Waals surface area contributed by atoms with Gasteiger partial charge < -0.3 is 20.3 Å². The van der Waals surface area contributed by atoms with Gasteiger partial charge in [0.2, 0.25) is 0 Å². The van der Waals surface area contributed by atoms with Crippen LogP contribution in [0.25, 0.3) is 0 Å². The topological polar surface area (TPSA) is 53.6 Å². The number of alkyl carbamates (subject to hydrolysis) is 1. The zero-order chi connectivity index (χ0) is 16.3. The summed E-state index contributed by atoms with van der Waals surface area (Å²) in [4.78, 5) is 13.9. The second kappa shape index (κ2) is 6.97. The lowest BCUT2D eigenvalue weighted by atomic mass is 9.85. The molecule has 0 bridgehead atoms. The first-order valence-corrected chi connectivity index (χ1v) is 7.84. The molecule has 0 aliphatic heterocycles. The molecular formula is C16H33N3O2. The highest BCUT2D eigenvalue weighted by molar-refractivity contribution is 5.68. The Morgan fingerprint density at radius 1 is 1.14 bits per heavy atom. The Kier molecular flexibility index (Phi) is 6.05. The summed E-state index contributed by atoms with van der Waals surface area (Å²) in [6.45, 7) is 12.2. The Hall–Kier alpha value is -0.810. The number of hydrogen-bond acceptors (Lipinski definition) is 4. The first-order chi connectivity index (χ1) is 9.47. The van der Waals surface area contributed by atoms with E-state index in [2.05, 4.69) is 43.5 Å². The Balaban J connectivity index is 2.18. The standard InChI is InChI=1S/C16H33N3O2/c1-15(2,3)21-14(20)18-13-8-12(9-13)17-10-16(4,5)11-19(6)7/h12-13,17H,8-11H2,1-7H3,(H,18,20). The molecule has 0 radical (unpaired) electrons. The lowest BCUT2D eigenvalue weighted by molar-refractivity contribution is 0.0462. The van der Waals surface area contributed by atoms with Crippen molar-refractivity contribution in [2.45, 2.75) is 65.1 Å². The van der Waals surface area contributed by atoms with Gasteiger partial charge in [0.25, 0.3) is 0 Å². The normalized spacial score (nSPS) is 22.9. The van der Waals surface area contributed by atoms with Crippen LogP contribution >= 0.6 is 0 Å². The maximum Gasteiger partial charge on any atom is 0.407 e. The number of nitrogens with one attached hydrogen (secondary N) is 2. The predicted molar refractivity (Wildman–Crippen MR) is 86.5 cm³/mol. The van der Waals surface area contributed by atoms with Gasteiger partial charge in [-0.1, -0.05) is 13.8 Å². The van der Waals surface area contributed by atoms with Crippen LogP contribution in [-0.2, 0) is 4.74 Å². The van der Waals surface area contributed by atoms with Gasteiger partial charge in [0.15, 0.2) is 0 Å². The summed E-state index contributed by atoms with van der Waals surface area (Å²) >= 11 is 0. The molecule has 0 aromatic rings. The van der Waals surface area contributed by atoms with E-state index in [1.54, 1.807) is 0 Å². The van der Waals surface area contributed by atoms with Gasteiger partial charge in [0.05, 0.1) is 0 Å². The van der Waals surface area contributed by atoms with Crippen molar-refractivity contribution < 1.29 is 9.53 Å². The van der Waals surface area contributed by atoms with E-state index in [0.29, 0.717) is 6.04 Å². The van der Waals surface area contributed by atoms with Crippen molar-refractivity contribution in [1.29, 1.82) is 0 Å². The van der Waals surface area contributed by atoms with Crippen molar-refractivity contribution in [2.75, 3.05) is 27.2 Å². The maximum atomic E-state index is 11.6. The third kappa shape index (κ3) is 7.67. The minimum absolute atomic E-state index is 0.245. The zero-order valence-corrected chi connectivity index (χ0v) is 14.7. The highest BCUT2D eigenvalue weighted by Gasteiger charge is 2.32. The van der Waals surface area contributed by atoms with Crippen LogP contribution in [0, 0.1) is 5.41 Å². The van der Waals surface area contributed by atoms with E-state index in [1.165, 1.54) is 0 Å². The third-order valence-corrected chi connectivity index (χ3v) is 3.47.